The minimum Gasteiger partial charge on any atom is -0.496 e. The van der Waals surface area contributed by atoms with Gasteiger partial charge in [0.1, 0.15) is 11.6 Å². The third kappa shape index (κ3) is 3.54. The quantitative estimate of drug-likeness (QED) is 0.785. The Morgan fingerprint density at radius 2 is 2.19 bits per heavy atom. The molecule has 2 rings (SSSR count). The average molecular weight is 296 g/mol. The van der Waals surface area contributed by atoms with E-state index in [-0.39, 0.29) is 18.0 Å². The van der Waals surface area contributed by atoms with Crippen molar-refractivity contribution in [1.29, 1.82) is 0 Å². The lowest BCUT2D eigenvalue weighted by atomic mass is 10.0. The summed E-state index contributed by atoms with van der Waals surface area (Å²) in [6, 6.07) is 3.08. The van der Waals surface area contributed by atoms with Crippen LogP contribution in [0.2, 0.25) is 0 Å². The van der Waals surface area contributed by atoms with Crippen LogP contribution in [0.15, 0.2) is 12.1 Å². The van der Waals surface area contributed by atoms with Gasteiger partial charge in [0.2, 0.25) is 0 Å². The number of benzene rings is 1. The van der Waals surface area contributed by atoms with Gasteiger partial charge in [0.05, 0.1) is 19.3 Å². The maximum atomic E-state index is 14.1. The molecular weight excluding hydrogens is 271 g/mol. The molecule has 4 nitrogen and oxygen atoms in total. The van der Waals surface area contributed by atoms with Crippen LogP contribution in [0.25, 0.3) is 0 Å². The van der Waals surface area contributed by atoms with Crippen LogP contribution in [0.3, 0.4) is 0 Å². The van der Waals surface area contributed by atoms with E-state index in [0.29, 0.717) is 25.3 Å². The second-order valence-electron chi connectivity index (χ2n) is 5.64. The Bertz CT molecular complexity index is 480. The first kappa shape index (κ1) is 16.2. The van der Waals surface area contributed by atoms with E-state index in [1.807, 2.05) is 13.8 Å². The van der Waals surface area contributed by atoms with Gasteiger partial charge < -0.3 is 15.2 Å². The van der Waals surface area contributed by atoms with Gasteiger partial charge in [0.25, 0.3) is 0 Å². The molecule has 1 unspecified atom stereocenters. The SMILES string of the molecule is COc1ccc(F)c2c1CN(CCCOC(C)C)C2CN. The molecule has 1 aliphatic rings. The van der Waals surface area contributed by atoms with E-state index < -0.39 is 0 Å². The Morgan fingerprint density at radius 1 is 1.43 bits per heavy atom. The number of nitrogens with zero attached hydrogens (tertiary/aromatic N) is 1. The van der Waals surface area contributed by atoms with Crippen LogP contribution in [-0.4, -0.2) is 37.8 Å². The fourth-order valence-electron chi connectivity index (χ4n) is 2.92. The van der Waals surface area contributed by atoms with E-state index in [2.05, 4.69) is 4.90 Å². The normalized spacial score (nSPS) is 18.3. The van der Waals surface area contributed by atoms with Gasteiger partial charge in [-0.05, 0) is 32.4 Å². The van der Waals surface area contributed by atoms with Gasteiger partial charge >= 0.3 is 0 Å². The van der Waals surface area contributed by atoms with E-state index in [1.54, 1.807) is 13.2 Å². The standard InChI is InChI=1S/C16H25FN2O2/c1-11(2)21-8-4-7-19-10-12-15(20-3)6-5-13(17)16(12)14(19)9-18/h5-6,11,14H,4,7-10,18H2,1-3H3. The molecule has 1 aromatic carbocycles. The van der Waals surface area contributed by atoms with E-state index >= 15 is 0 Å². The van der Waals surface area contributed by atoms with Crippen molar-refractivity contribution in [2.45, 2.75) is 39.0 Å². The smallest absolute Gasteiger partial charge is 0.128 e. The number of hydrogen-bond acceptors (Lipinski definition) is 4. The lowest BCUT2D eigenvalue weighted by molar-refractivity contribution is 0.0674. The molecule has 118 valence electrons. The van der Waals surface area contributed by atoms with Crippen molar-refractivity contribution < 1.29 is 13.9 Å². The van der Waals surface area contributed by atoms with Crippen LogP contribution in [0.1, 0.15) is 37.4 Å². The van der Waals surface area contributed by atoms with Crippen molar-refractivity contribution in [1.82, 2.24) is 4.90 Å². The molecule has 21 heavy (non-hydrogen) atoms. The van der Waals surface area contributed by atoms with E-state index in [9.17, 15) is 4.39 Å². The summed E-state index contributed by atoms with van der Waals surface area (Å²) in [6.07, 6.45) is 1.15. The second-order valence-corrected chi connectivity index (χ2v) is 5.64. The van der Waals surface area contributed by atoms with Crippen LogP contribution in [-0.2, 0) is 11.3 Å². The summed E-state index contributed by atoms with van der Waals surface area (Å²) in [7, 11) is 1.62. The Morgan fingerprint density at radius 3 is 2.81 bits per heavy atom. The molecule has 0 aliphatic carbocycles. The van der Waals surface area contributed by atoms with Crippen LogP contribution in [0, 0.1) is 5.82 Å². The summed E-state index contributed by atoms with van der Waals surface area (Å²) in [5.41, 5.74) is 7.50. The maximum absolute atomic E-state index is 14.1. The predicted molar refractivity (Wildman–Crippen MR) is 80.9 cm³/mol. The number of hydrogen-bond donors (Lipinski definition) is 1. The van der Waals surface area contributed by atoms with Crippen LogP contribution in [0.5, 0.6) is 5.75 Å². The molecular formula is C16H25FN2O2. The molecule has 0 bridgehead atoms. The third-order valence-electron chi connectivity index (χ3n) is 3.88. The second kappa shape index (κ2) is 7.20. The highest BCUT2D eigenvalue weighted by atomic mass is 19.1. The zero-order valence-electron chi connectivity index (χ0n) is 13.1. The molecule has 1 aromatic rings. The van der Waals surface area contributed by atoms with Crippen LogP contribution in [0.4, 0.5) is 4.39 Å². The molecule has 5 heteroatoms. The highest BCUT2D eigenvalue weighted by Gasteiger charge is 2.33. The highest BCUT2D eigenvalue weighted by molar-refractivity contribution is 5.45. The topological polar surface area (TPSA) is 47.7 Å². The zero-order chi connectivity index (χ0) is 15.4. The average Bonchev–Trinajstić information content (AvgIpc) is 2.83. The zero-order valence-corrected chi connectivity index (χ0v) is 13.1. The molecule has 0 amide bonds. The number of rotatable bonds is 7. The van der Waals surface area contributed by atoms with E-state index in [1.165, 1.54) is 6.07 Å². The van der Waals surface area contributed by atoms with Gasteiger partial charge in [-0.3, -0.25) is 4.90 Å². The first-order chi connectivity index (χ1) is 10.1. The number of halogens is 1. The molecule has 0 aromatic heterocycles. The first-order valence-corrected chi connectivity index (χ1v) is 7.49. The van der Waals surface area contributed by atoms with Gasteiger partial charge in [0.15, 0.2) is 0 Å². The Hall–Kier alpha value is -1.17. The lowest BCUT2D eigenvalue weighted by Gasteiger charge is -2.23. The highest BCUT2D eigenvalue weighted by Crippen LogP contribution is 2.39. The molecule has 0 saturated heterocycles. The van der Waals surface area contributed by atoms with Crippen LogP contribution >= 0.6 is 0 Å². The Labute approximate surface area is 126 Å². The number of ether oxygens (including phenoxy) is 2. The molecule has 1 atom stereocenters. The summed E-state index contributed by atoms with van der Waals surface area (Å²) in [4.78, 5) is 2.21. The molecule has 1 heterocycles. The van der Waals surface area contributed by atoms with Gasteiger partial charge in [-0.15, -0.1) is 0 Å². The summed E-state index contributed by atoms with van der Waals surface area (Å²) < 4.78 is 25.1. The summed E-state index contributed by atoms with van der Waals surface area (Å²) in [5.74, 6) is 0.549. The predicted octanol–water partition coefficient (Wildman–Crippen LogP) is 2.46. The molecule has 0 radical (unpaired) electrons. The first-order valence-electron chi connectivity index (χ1n) is 7.49. The van der Waals surface area contributed by atoms with E-state index in [4.69, 9.17) is 15.2 Å². The molecule has 2 N–H and O–H groups in total. The number of nitrogens with two attached hydrogens (primary N) is 1. The summed E-state index contributed by atoms with van der Waals surface area (Å²) in [5, 5.41) is 0. The Kier molecular flexibility index (Phi) is 5.56. The number of methoxy groups -OCH3 is 1. The van der Waals surface area contributed by atoms with Crippen LogP contribution < -0.4 is 10.5 Å². The van der Waals surface area contributed by atoms with Gasteiger partial charge in [-0.1, -0.05) is 0 Å². The van der Waals surface area contributed by atoms with Crippen molar-refractivity contribution in [3.8, 4) is 5.75 Å². The molecule has 0 saturated carbocycles. The minimum absolute atomic E-state index is 0.0749. The third-order valence-corrected chi connectivity index (χ3v) is 3.88. The van der Waals surface area contributed by atoms with E-state index in [0.717, 1.165) is 24.3 Å². The van der Waals surface area contributed by atoms with Crippen molar-refractivity contribution in [2.75, 3.05) is 26.8 Å². The fourth-order valence-corrected chi connectivity index (χ4v) is 2.92. The van der Waals surface area contributed by atoms with Crippen molar-refractivity contribution in [3.63, 3.8) is 0 Å². The summed E-state index contributed by atoms with van der Waals surface area (Å²) >= 11 is 0. The fraction of sp³-hybridized carbons (Fsp3) is 0.625. The van der Waals surface area contributed by atoms with Gasteiger partial charge in [0, 0.05) is 37.4 Å². The largest absolute Gasteiger partial charge is 0.496 e. The number of fused-ring (bicyclic) bond motifs is 1. The van der Waals surface area contributed by atoms with Crippen molar-refractivity contribution >= 4 is 0 Å². The minimum atomic E-state index is -0.192. The molecule has 0 fully saturated rings. The molecule has 1 aliphatic heterocycles. The molecule has 0 spiro atoms. The Balaban J connectivity index is 2.08. The monoisotopic (exact) mass is 296 g/mol. The van der Waals surface area contributed by atoms with Crippen molar-refractivity contribution in [3.05, 3.63) is 29.1 Å². The van der Waals surface area contributed by atoms with Gasteiger partial charge in [-0.2, -0.15) is 0 Å². The van der Waals surface area contributed by atoms with Crippen molar-refractivity contribution in [2.24, 2.45) is 5.73 Å². The van der Waals surface area contributed by atoms with Gasteiger partial charge in [-0.25, -0.2) is 4.39 Å². The summed E-state index contributed by atoms with van der Waals surface area (Å²) in [6.45, 7) is 6.68. The lowest BCUT2D eigenvalue weighted by Crippen LogP contribution is -2.30. The maximum Gasteiger partial charge on any atom is 0.128 e.